The van der Waals surface area contributed by atoms with Crippen molar-refractivity contribution in [3.8, 4) is 0 Å². The molecule has 250 valence electrons. The molecule has 10 nitrogen and oxygen atoms in total. The van der Waals surface area contributed by atoms with Gasteiger partial charge in [-0.15, -0.1) is 0 Å². The Hall–Kier alpha value is -3.50. The predicted octanol–water partition coefficient (Wildman–Crippen LogP) is 7.35. The largest absolute Gasteiger partial charge is 0.460 e. The summed E-state index contributed by atoms with van der Waals surface area (Å²) in [5, 5.41) is 7.82. The number of nitrogens with zero attached hydrogens (tertiary/aromatic N) is 4. The summed E-state index contributed by atoms with van der Waals surface area (Å²) in [6.45, 7) is 24.2. The number of nitrogens with one attached hydrogen (secondary N) is 1. The lowest BCUT2D eigenvalue weighted by molar-refractivity contribution is -0.172. The molecule has 1 N–H and O–H groups in total. The second-order valence-corrected chi connectivity index (χ2v) is 15.6. The molecular weight excluding hydrogens is 577 g/mol. The first-order valence-electron chi connectivity index (χ1n) is 15.7. The van der Waals surface area contributed by atoms with Crippen molar-refractivity contribution in [2.24, 2.45) is 11.3 Å². The lowest BCUT2D eigenvalue weighted by atomic mass is 9.72. The number of esters is 1. The van der Waals surface area contributed by atoms with Gasteiger partial charge in [0.1, 0.15) is 17.0 Å². The maximum Gasteiger partial charge on any atom is 0.410 e. The van der Waals surface area contributed by atoms with Gasteiger partial charge in [0.15, 0.2) is 17.4 Å². The molecule has 0 aliphatic carbocycles. The molecule has 3 rings (SSSR count). The average Bonchev–Trinajstić information content (AvgIpc) is 3.23. The zero-order valence-corrected chi connectivity index (χ0v) is 29.3. The van der Waals surface area contributed by atoms with Crippen LogP contribution in [-0.2, 0) is 26.2 Å². The van der Waals surface area contributed by atoms with Gasteiger partial charge in [0, 0.05) is 36.7 Å². The predicted molar refractivity (Wildman–Crippen MR) is 172 cm³/mol. The minimum atomic E-state index is -1.21. The number of piperidine rings is 1. The number of aromatic nitrogens is 3. The van der Waals surface area contributed by atoms with Crippen LogP contribution in [-0.4, -0.2) is 61.3 Å². The van der Waals surface area contributed by atoms with Gasteiger partial charge < -0.3 is 19.7 Å². The third-order valence-electron chi connectivity index (χ3n) is 7.61. The number of carbonyl (C=O) groups excluding carboxylic acids is 3. The van der Waals surface area contributed by atoms with E-state index >= 15 is 4.39 Å². The molecule has 0 saturated carbocycles. The summed E-state index contributed by atoms with van der Waals surface area (Å²) in [6.07, 6.45) is -0.197. The highest BCUT2D eigenvalue weighted by molar-refractivity contribution is 5.98. The molecular formula is C34H52FN5O5. The summed E-state index contributed by atoms with van der Waals surface area (Å²) >= 11 is 0. The smallest absolute Gasteiger partial charge is 0.410 e. The second-order valence-electron chi connectivity index (χ2n) is 15.6. The van der Waals surface area contributed by atoms with E-state index in [9.17, 15) is 14.4 Å². The molecule has 2 aromatic rings. The summed E-state index contributed by atoms with van der Waals surface area (Å²) in [4.78, 5) is 46.4. The van der Waals surface area contributed by atoms with Crippen LogP contribution < -0.4 is 5.32 Å². The van der Waals surface area contributed by atoms with Crippen molar-refractivity contribution in [3.05, 3.63) is 34.9 Å². The number of aryl methyl sites for hydroxylation is 1. The zero-order chi connectivity index (χ0) is 34.3. The summed E-state index contributed by atoms with van der Waals surface area (Å²) < 4.78 is 29.6. The molecule has 0 bridgehead atoms. The third kappa shape index (κ3) is 8.82. The number of pyridine rings is 1. The van der Waals surface area contributed by atoms with Gasteiger partial charge in [0.25, 0.3) is 0 Å². The highest BCUT2D eigenvalue weighted by Crippen LogP contribution is 2.41. The molecule has 45 heavy (non-hydrogen) atoms. The van der Waals surface area contributed by atoms with Gasteiger partial charge in [-0.1, -0.05) is 13.8 Å². The number of halogens is 1. The van der Waals surface area contributed by atoms with E-state index in [1.54, 1.807) is 60.3 Å². The molecule has 1 saturated heterocycles. The van der Waals surface area contributed by atoms with E-state index in [0.29, 0.717) is 5.82 Å². The number of rotatable bonds is 7. The van der Waals surface area contributed by atoms with Crippen LogP contribution in [0.1, 0.15) is 118 Å². The number of carbonyl (C=O) groups is 3. The van der Waals surface area contributed by atoms with Crippen molar-refractivity contribution in [3.63, 3.8) is 0 Å². The number of hydrogen-bond acceptors (Lipinski definition) is 8. The van der Waals surface area contributed by atoms with E-state index in [1.807, 2.05) is 45.4 Å². The summed E-state index contributed by atoms with van der Waals surface area (Å²) in [7, 11) is 0. The summed E-state index contributed by atoms with van der Waals surface area (Å²) in [6, 6.07) is 2.85. The molecule has 3 heterocycles. The van der Waals surface area contributed by atoms with Crippen molar-refractivity contribution in [2.75, 3.05) is 11.9 Å². The van der Waals surface area contributed by atoms with Crippen LogP contribution in [0.2, 0.25) is 0 Å². The monoisotopic (exact) mass is 629 g/mol. The Bertz CT molecular complexity index is 1430. The Morgan fingerprint density at radius 2 is 1.62 bits per heavy atom. The van der Waals surface area contributed by atoms with Crippen LogP contribution in [0.3, 0.4) is 0 Å². The van der Waals surface area contributed by atoms with Crippen LogP contribution in [0.25, 0.3) is 0 Å². The lowest BCUT2D eigenvalue weighted by Crippen LogP contribution is -2.54. The molecule has 1 amide bonds. The van der Waals surface area contributed by atoms with E-state index < -0.39 is 46.5 Å². The van der Waals surface area contributed by atoms with Crippen molar-refractivity contribution in [2.45, 2.75) is 132 Å². The topological polar surface area (TPSA) is 116 Å². The zero-order valence-electron chi connectivity index (χ0n) is 29.3. The van der Waals surface area contributed by atoms with Crippen molar-refractivity contribution < 1.29 is 28.2 Å². The van der Waals surface area contributed by atoms with E-state index in [4.69, 9.17) is 9.47 Å². The molecule has 1 aliphatic rings. The molecule has 0 radical (unpaired) electrons. The molecule has 2 aromatic heterocycles. The van der Waals surface area contributed by atoms with E-state index in [2.05, 4.69) is 15.4 Å². The highest BCUT2D eigenvalue weighted by Gasteiger charge is 2.49. The maximum atomic E-state index is 16.3. The van der Waals surface area contributed by atoms with E-state index in [1.165, 1.54) is 6.07 Å². The first-order valence-corrected chi connectivity index (χ1v) is 15.7. The van der Waals surface area contributed by atoms with Crippen LogP contribution in [0.5, 0.6) is 0 Å². The number of anilines is 2. The molecule has 11 heteroatoms. The normalized spacial score (nSPS) is 19.4. The third-order valence-corrected chi connectivity index (χ3v) is 7.61. The molecule has 1 fully saturated rings. The van der Waals surface area contributed by atoms with Crippen LogP contribution in [0.15, 0.2) is 12.1 Å². The fourth-order valence-electron chi connectivity index (χ4n) is 5.65. The second kappa shape index (κ2) is 12.7. The SMILES string of the molecule is Cc1cc(Nc2cc(C(=O)C(C)C)c(F)c(C[C@@]3(C(=O)OC(C)(C)C)CCN(C(=O)OC(C)(C)C)[C@H](C)C3)n2)nn1C(C)(C)C. The first kappa shape index (κ1) is 36.0. The van der Waals surface area contributed by atoms with Gasteiger partial charge in [-0.3, -0.25) is 14.3 Å². The Labute approximate surface area is 267 Å². The Morgan fingerprint density at radius 3 is 2.11 bits per heavy atom. The van der Waals surface area contributed by atoms with E-state index in [0.717, 1.165) is 5.69 Å². The standard InChI is InChI=1S/C34H52FN5O5/c1-20(2)28(41)23-17-25(37-26-16-21(3)40(38-26)31(5,6)7)36-24(27(23)35)19-34(29(42)44-32(8,9)10)14-15-39(22(4)18-34)30(43)45-33(11,12)13/h16-17,20,22H,14-15,18-19H2,1-13H3,(H,36,37,38)/t22-,34-/m1/s1. The molecule has 1 aliphatic heterocycles. The van der Waals surface area contributed by atoms with Gasteiger partial charge in [0.2, 0.25) is 0 Å². The van der Waals surface area contributed by atoms with Gasteiger partial charge in [-0.2, -0.15) is 5.10 Å². The molecule has 2 atom stereocenters. The van der Waals surface area contributed by atoms with Crippen LogP contribution in [0.4, 0.5) is 20.8 Å². The lowest BCUT2D eigenvalue weighted by Gasteiger charge is -2.44. The number of Topliss-reactive ketones (excluding diaryl/α,β-unsaturated/α-hetero) is 1. The molecule has 0 unspecified atom stereocenters. The Morgan fingerprint density at radius 1 is 1.02 bits per heavy atom. The fourth-order valence-corrected chi connectivity index (χ4v) is 5.65. The van der Waals surface area contributed by atoms with Crippen LogP contribution in [0, 0.1) is 24.1 Å². The van der Waals surface area contributed by atoms with Crippen molar-refractivity contribution >= 4 is 29.5 Å². The maximum absolute atomic E-state index is 16.3. The fraction of sp³-hybridized carbons (Fsp3) is 0.676. The number of amides is 1. The summed E-state index contributed by atoms with van der Waals surface area (Å²) in [5.41, 5.74) is -2.18. The minimum Gasteiger partial charge on any atom is -0.460 e. The van der Waals surface area contributed by atoms with Crippen molar-refractivity contribution in [1.82, 2.24) is 19.7 Å². The molecule has 0 aromatic carbocycles. The van der Waals surface area contributed by atoms with Gasteiger partial charge in [-0.25, -0.2) is 14.2 Å². The number of likely N-dealkylation sites (tertiary alicyclic amines) is 1. The highest BCUT2D eigenvalue weighted by atomic mass is 19.1. The number of ether oxygens (including phenoxy) is 2. The average molecular weight is 630 g/mol. The molecule has 0 spiro atoms. The Kier molecular flexibility index (Phi) is 10.2. The number of ketones is 1. The van der Waals surface area contributed by atoms with Crippen LogP contribution >= 0.6 is 0 Å². The summed E-state index contributed by atoms with van der Waals surface area (Å²) in [5.74, 6) is -1.37. The Balaban J connectivity index is 2.09. The van der Waals surface area contributed by atoms with E-state index in [-0.39, 0.29) is 54.2 Å². The van der Waals surface area contributed by atoms with Gasteiger partial charge >= 0.3 is 12.1 Å². The van der Waals surface area contributed by atoms with Gasteiger partial charge in [0.05, 0.1) is 22.2 Å². The number of hydrogen-bond donors (Lipinski definition) is 1. The van der Waals surface area contributed by atoms with Gasteiger partial charge in [-0.05, 0) is 95.1 Å². The first-order chi connectivity index (χ1) is 20.4. The quantitative estimate of drug-likeness (QED) is 0.250. The minimum absolute atomic E-state index is 0.0280. The van der Waals surface area contributed by atoms with Crippen molar-refractivity contribution in [1.29, 1.82) is 0 Å².